The third-order valence-electron chi connectivity index (χ3n) is 3.57. The van der Waals surface area contributed by atoms with Crippen LogP contribution in [0, 0.1) is 0 Å². The molecule has 0 saturated heterocycles. The largest absolute Gasteiger partial charge is 0.377 e. The molecule has 118 valence electrons. The van der Waals surface area contributed by atoms with Crippen LogP contribution < -0.4 is 4.90 Å². The first-order valence-corrected chi connectivity index (χ1v) is 8.51. The van der Waals surface area contributed by atoms with Gasteiger partial charge in [-0.1, -0.05) is 36.0 Å². The number of rotatable bonds is 6. The van der Waals surface area contributed by atoms with Gasteiger partial charge in [-0.05, 0) is 23.8 Å². The summed E-state index contributed by atoms with van der Waals surface area (Å²) in [5.74, 6) is 0.896. The standard InChI is InChI=1S/C18H20N4S/c1-21(2)17-9-4-3-7-15(17)14-23-18-20-11-12-22(18)13-16-8-5-6-10-19-16/h3-12H,13-14H2,1-2H3. The van der Waals surface area contributed by atoms with E-state index in [-0.39, 0.29) is 0 Å². The van der Waals surface area contributed by atoms with Gasteiger partial charge in [0, 0.05) is 44.1 Å². The molecule has 2 heterocycles. The highest BCUT2D eigenvalue weighted by Crippen LogP contribution is 2.27. The zero-order valence-corrected chi connectivity index (χ0v) is 14.2. The Morgan fingerprint density at radius 2 is 1.83 bits per heavy atom. The number of thioether (sulfide) groups is 1. The Morgan fingerprint density at radius 1 is 1.00 bits per heavy atom. The Hall–Kier alpha value is -2.27. The van der Waals surface area contributed by atoms with Gasteiger partial charge in [-0.25, -0.2) is 4.98 Å². The van der Waals surface area contributed by atoms with Crippen LogP contribution in [-0.4, -0.2) is 28.6 Å². The van der Waals surface area contributed by atoms with Crippen molar-refractivity contribution >= 4 is 17.4 Å². The lowest BCUT2D eigenvalue weighted by atomic mass is 10.2. The van der Waals surface area contributed by atoms with Gasteiger partial charge in [-0.15, -0.1) is 0 Å². The average molecular weight is 324 g/mol. The van der Waals surface area contributed by atoms with E-state index < -0.39 is 0 Å². The second kappa shape index (κ2) is 7.33. The molecule has 3 rings (SSSR count). The van der Waals surface area contributed by atoms with Crippen LogP contribution in [0.4, 0.5) is 5.69 Å². The molecule has 5 heteroatoms. The Bertz CT molecular complexity index is 752. The van der Waals surface area contributed by atoms with Crippen molar-refractivity contribution in [2.45, 2.75) is 17.5 Å². The van der Waals surface area contributed by atoms with Crippen molar-refractivity contribution in [2.75, 3.05) is 19.0 Å². The summed E-state index contributed by atoms with van der Waals surface area (Å²) in [5.41, 5.74) is 3.61. The zero-order chi connectivity index (χ0) is 16.1. The topological polar surface area (TPSA) is 34.0 Å². The third kappa shape index (κ3) is 3.93. The number of anilines is 1. The number of pyridine rings is 1. The maximum atomic E-state index is 4.49. The van der Waals surface area contributed by atoms with E-state index in [1.54, 1.807) is 11.8 Å². The summed E-state index contributed by atoms with van der Waals surface area (Å²) >= 11 is 1.76. The van der Waals surface area contributed by atoms with E-state index in [9.17, 15) is 0 Å². The summed E-state index contributed by atoms with van der Waals surface area (Å²) in [5, 5.41) is 1.02. The maximum absolute atomic E-state index is 4.49. The number of para-hydroxylation sites is 1. The molecular weight excluding hydrogens is 304 g/mol. The lowest BCUT2D eigenvalue weighted by Gasteiger charge is -2.17. The fourth-order valence-corrected chi connectivity index (χ4v) is 3.39. The average Bonchev–Trinajstić information content (AvgIpc) is 3.01. The van der Waals surface area contributed by atoms with E-state index in [4.69, 9.17) is 0 Å². The Labute approximate surface area is 141 Å². The van der Waals surface area contributed by atoms with Crippen LogP contribution in [0.2, 0.25) is 0 Å². The summed E-state index contributed by atoms with van der Waals surface area (Å²) < 4.78 is 2.14. The van der Waals surface area contributed by atoms with Gasteiger partial charge in [-0.3, -0.25) is 4.98 Å². The van der Waals surface area contributed by atoms with Crippen molar-refractivity contribution < 1.29 is 0 Å². The van der Waals surface area contributed by atoms with Gasteiger partial charge >= 0.3 is 0 Å². The summed E-state index contributed by atoms with van der Waals surface area (Å²) in [6.45, 7) is 0.749. The molecule has 0 atom stereocenters. The Kier molecular flexibility index (Phi) is 4.98. The van der Waals surface area contributed by atoms with Crippen molar-refractivity contribution in [3.8, 4) is 0 Å². The molecular formula is C18H20N4S. The number of hydrogen-bond donors (Lipinski definition) is 0. The minimum atomic E-state index is 0.749. The number of imidazole rings is 1. The van der Waals surface area contributed by atoms with E-state index in [1.165, 1.54) is 11.3 Å². The summed E-state index contributed by atoms with van der Waals surface area (Å²) in [7, 11) is 4.15. The SMILES string of the molecule is CN(C)c1ccccc1CSc1nccn1Cc1ccccn1. The molecule has 0 amide bonds. The summed E-state index contributed by atoms with van der Waals surface area (Å²) in [6, 6.07) is 14.5. The molecule has 2 aromatic heterocycles. The predicted molar refractivity (Wildman–Crippen MR) is 95.9 cm³/mol. The van der Waals surface area contributed by atoms with Gasteiger partial charge in [0.1, 0.15) is 0 Å². The van der Waals surface area contributed by atoms with Crippen LogP contribution in [0.3, 0.4) is 0 Å². The van der Waals surface area contributed by atoms with Crippen LogP contribution in [0.15, 0.2) is 66.2 Å². The van der Waals surface area contributed by atoms with E-state index in [0.29, 0.717) is 0 Å². The van der Waals surface area contributed by atoms with Crippen molar-refractivity contribution in [1.29, 1.82) is 0 Å². The highest BCUT2D eigenvalue weighted by Gasteiger charge is 2.08. The van der Waals surface area contributed by atoms with Crippen LogP contribution >= 0.6 is 11.8 Å². The van der Waals surface area contributed by atoms with Crippen LogP contribution in [0.1, 0.15) is 11.3 Å². The molecule has 0 radical (unpaired) electrons. The van der Waals surface area contributed by atoms with Crippen LogP contribution in [-0.2, 0) is 12.3 Å². The van der Waals surface area contributed by atoms with Gasteiger partial charge in [0.15, 0.2) is 5.16 Å². The summed E-state index contributed by atoms with van der Waals surface area (Å²) in [6.07, 6.45) is 5.68. The second-order valence-corrected chi connectivity index (χ2v) is 6.41. The smallest absolute Gasteiger partial charge is 0.168 e. The maximum Gasteiger partial charge on any atom is 0.168 e. The molecule has 0 N–H and O–H groups in total. The Morgan fingerprint density at radius 3 is 2.61 bits per heavy atom. The normalized spacial score (nSPS) is 10.7. The third-order valence-corrected chi connectivity index (χ3v) is 4.62. The first kappa shape index (κ1) is 15.6. The lowest BCUT2D eigenvalue weighted by molar-refractivity contribution is 0.693. The van der Waals surface area contributed by atoms with E-state index in [2.05, 4.69) is 57.8 Å². The minimum absolute atomic E-state index is 0.749. The molecule has 3 aromatic rings. The monoisotopic (exact) mass is 324 g/mol. The zero-order valence-electron chi connectivity index (χ0n) is 13.4. The second-order valence-electron chi connectivity index (χ2n) is 5.47. The number of benzene rings is 1. The van der Waals surface area contributed by atoms with Gasteiger partial charge in [-0.2, -0.15) is 0 Å². The molecule has 0 bridgehead atoms. The lowest BCUT2D eigenvalue weighted by Crippen LogP contribution is -2.10. The minimum Gasteiger partial charge on any atom is -0.377 e. The molecule has 1 aromatic carbocycles. The highest BCUT2D eigenvalue weighted by molar-refractivity contribution is 7.98. The van der Waals surface area contributed by atoms with Gasteiger partial charge in [0.2, 0.25) is 0 Å². The molecule has 0 aliphatic carbocycles. The first-order chi connectivity index (χ1) is 11.2. The molecule has 0 unspecified atom stereocenters. The van der Waals surface area contributed by atoms with Gasteiger partial charge < -0.3 is 9.47 Å². The number of aromatic nitrogens is 3. The quantitative estimate of drug-likeness (QED) is 0.648. The first-order valence-electron chi connectivity index (χ1n) is 7.53. The fourth-order valence-electron chi connectivity index (χ4n) is 2.43. The molecule has 0 fully saturated rings. The van der Waals surface area contributed by atoms with Gasteiger partial charge in [0.25, 0.3) is 0 Å². The number of nitrogens with zero attached hydrogens (tertiary/aromatic N) is 4. The summed E-state index contributed by atoms with van der Waals surface area (Å²) in [4.78, 5) is 11.0. The predicted octanol–water partition coefficient (Wildman–Crippen LogP) is 3.68. The van der Waals surface area contributed by atoms with Crippen molar-refractivity contribution in [1.82, 2.24) is 14.5 Å². The molecule has 0 spiro atoms. The number of hydrogen-bond acceptors (Lipinski definition) is 4. The van der Waals surface area contributed by atoms with Crippen molar-refractivity contribution in [3.63, 3.8) is 0 Å². The van der Waals surface area contributed by atoms with Crippen molar-refractivity contribution in [3.05, 3.63) is 72.3 Å². The van der Waals surface area contributed by atoms with E-state index >= 15 is 0 Å². The molecule has 0 saturated carbocycles. The van der Waals surface area contributed by atoms with Crippen LogP contribution in [0.5, 0.6) is 0 Å². The van der Waals surface area contributed by atoms with Crippen molar-refractivity contribution in [2.24, 2.45) is 0 Å². The fraction of sp³-hybridized carbons (Fsp3) is 0.222. The van der Waals surface area contributed by atoms with Gasteiger partial charge in [0.05, 0.1) is 12.2 Å². The molecule has 0 aliphatic rings. The van der Waals surface area contributed by atoms with E-state index in [1.807, 2.05) is 36.8 Å². The molecule has 4 nitrogen and oxygen atoms in total. The molecule has 23 heavy (non-hydrogen) atoms. The highest BCUT2D eigenvalue weighted by atomic mass is 32.2. The van der Waals surface area contributed by atoms with E-state index in [0.717, 1.165) is 23.1 Å². The molecule has 0 aliphatic heterocycles. The Balaban J connectivity index is 1.72. The van der Waals surface area contributed by atoms with Crippen LogP contribution in [0.25, 0.3) is 0 Å².